The Kier molecular flexibility index (Phi) is 3.88. The molecule has 0 aliphatic rings. The van der Waals surface area contributed by atoms with Crippen molar-refractivity contribution < 1.29 is 0 Å². The molecular weight excluding hydrogens is 288 g/mol. The third kappa shape index (κ3) is 3.43. The predicted molar refractivity (Wildman–Crippen MR) is 82.0 cm³/mol. The van der Waals surface area contributed by atoms with Gasteiger partial charge in [0.05, 0.1) is 6.21 Å². The molecule has 0 radical (unpaired) electrons. The summed E-state index contributed by atoms with van der Waals surface area (Å²) in [4.78, 5) is 1.32. The molecule has 0 unspecified atom stereocenters. The number of anilines is 2. The fourth-order valence-corrected chi connectivity index (χ4v) is 1.78. The topological polar surface area (TPSA) is 68.0 Å². The van der Waals surface area contributed by atoms with E-state index < -0.39 is 0 Å². The lowest BCUT2D eigenvalue weighted by Crippen LogP contribution is -2.01. The summed E-state index contributed by atoms with van der Waals surface area (Å²) in [6, 6.07) is 16.9. The first-order valence-corrected chi connectivity index (χ1v) is 6.59. The smallest absolute Gasteiger partial charge is 0.269 e. The number of rotatable bonds is 4. The highest BCUT2D eigenvalue weighted by atomic mass is 35.5. The molecule has 104 valence electrons. The highest BCUT2D eigenvalue weighted by Gasteiger charge is 2.04. The van der Waals surface area contributed by atoms with Gasteiger partial charge in [0.2, 0.25) is 0 Å². The Labute approximate surface area is 126 Å². The Morgan fingerprint density at radius 2 is 1.81 bits per heavy atom. The number of hydrogen-bond acceptors (Lipinski definition) is 5. The van der Waals surface area contributed by atoms with E-state index in [-0.39, 0.29) is 0 Å². The maximum absolute atomic E-state index is 5.83. The van der Waals surface area contributed by atoms with Gasteiger partial charge in [-0.05, 0) is 40.3 Å². The van der Waals surface area contributed by atoms with Crippen molar-refractivity contribution in [3.63, 3.8) is 0 Å². The lowest BCUT2D eigenvalue weighted by atomic mass is 10.2. The lowest BCUT2D eigenvalue weighted by molar-refractivity contribution is 0.699. The number of nitrogens with one attached hydrogen (secondary N) is 1. The Morgan fingerprint density at radius 3 is 2.57 bits per heavy atom. The van der Waals surface area contributed by atoms with Gasteiger partial charge in [-0.1, -0.05) is 51.8 Å². The molecule has 1 N–H and O–H groups in total. The molecule has 7 heteroatoms. The van der Waals surface area contributed by atoms with Gasteiger partial charge in [-0.3, -0.25) is 0 Å². The number of para-hydroxylation sites is 1. The summed E-state index contributed by atoms with van der Waals surface area (Å²) in [5, 5.41) is 19.3. The summed E-state index contributed by atoms with van der Waals surface area (Å²) >= 11 is 5.83. The summed E-state index contributed by atoms with van der Waals surface area (Å²) in [5.41, 5.74) is 1.79. The molecule has 1 aromatic heterocycles. The van der Waals surface area contributed by atoms with E-state index in [9.17, 15) is 0 Å². The number of halogens is 1. The number of tetrazole rings is 1. The second-order valence-corrected chi connectivity index (χ2v) is 4.62. The Hall–Kier alpha value is -2.73. The van der Waals surface area contributed by atoms with Crippen LogP contribution >= 0.6 is 11.6 Å². The van der Waals surface area contributed by atoms with Crippen LogP contribution in [0.15, 0.2) is 59.7 Å². The molecule has 1 heterocycles. The van der Waals surface area contributed by atoms with Crippen molar-refractivity contribution in [1.82, 2.24) is 20.3 Å². The van der Waals surface area contributed by atoms with Crippen LogP contribution in [0.4, 0.5) is 11.6 Å². The fraction of sp³-hybridized carbons (Fsp3) is 0. The van der Waals surface area contributed by atoms with Gasteiger partial charge in [0.25, 0.3) is 5.95 Å². The van der Waals surface area contributed by atoms with Gasteiger partial charge in [-0.2, -0.15) is 5.10 Å². The molecule has 0 amide bonds. The quantitative estimate of drug-likeness (QED) is 0.752. The first-order chi connectivity index (χ1) is 10.3. The van der Waals surface area contributed by atoms with Crippen LogP contribution < -0.4 is 5.32 Å². The van der Waals surface area contributed by atoms with Crippen LogP contribution in [0.3, 0.4) is 0 Å². The minimum Gasteiger partial charge on any atom is -0.321 e. The molecule has 0 spiro atoms. The summed E-state index contributed by atoms with van der Waals surface area (Å²) in [6.45, 7) is 0. The first-order valence-electron chi connectivity index (χ1n) is 6.22. The van der Waals surface area contributed by atoms with Crippen molar-refractivity contribution in [3.8, 4) is 0 Å². The highest BCUT2D eigenvalue weighted by molar-refractivity contribution is 6.30. The summed E-state index contributed by atoms with van der Waals surface area (Å²) < 4.78 is 0. The predicted octanol–water partition coefficient (Wildman–Crippen LogP) is 2.95. The third-order valence-electron chi connectivity index (χ3n) is 2.67. The van der Waals surface area contributed by atoms with Crippen molar-refractivity contribution >= 4 is 29.5 Å². The van der Waals surface area contributed by atoms with E-state index >= 15 is 0 Å². The fourth-order valence-electron chi connectivity index (χ4n) is 1.66. The monoisotopic (exact) mass is 298 g/mol. The molecule has 0 aliphatic carbocycles. The van der Waals surface area contributed by atoms with Crippen LogP contribution in [0.2, 0.25) is 5.02 Å². The van der Waals surface area contributed by atoms with Crippen molar-refractivity contribution in [2.75, 3.05) is 5.32 Å². The van der Waals surface area contributed by atoms with Gasteiger partial charge in [0.1, 0.15) is 0 Å². The van der Waals surface area contributed by atoms with Crippen LogP contribution in [-0.4, -0.2) is 26.5 Å². The molecule has 2 aromatic carbocycles. The van der Waals surface area contributed by atoms with Gasteiger partial charge < -0.3 is 5.32 Å². The Bertz CT molecular complexity index is 736. The van der Waals surface area contributed by atoms with Gasteiger partial charge in [-0.15, -0.1) is 0 Å². The van der Waals surface area contributed by atoms with Crippen molar-refractivity contribution in [2.24, 2.45) is 5.10 Å². The zero-order valence-electron chi connectivity index (χ0n) is 10.9. The van der Waals surface area contributed by atoms with Crippen molar-refractivity contribution in [2.45, 2.75) is 0 Å². The molecule has 0 atom stereocenters. The van der Waals surface area contributed by atoms with Crippen LogP contribution in [0.5, 0.6) is 0 Å². The summed E-state index contributed by atoms with van der Waals surface area (Å²) in [7, 11) is 0. The zero-order valence-corrected chi connectivity index (χ0v) is 11.6. The average molecular weight is 299 g/mol. The average Bonchev–Trinajstić information content (AvgIpc) is 2.95. The largest absolute Gasteiger partial charge is 0.321 e. The van der Waals surface area contributed by atoms with Crippen molar-refractivity contribution in [1.29, 1.82) is 0 Å². The van der Waals surface area contributed by atoms with Crippen molar-refractivity contribution in [3.05, 3.63) is 65.2 Å². The normalized spacial score (nSPS) is 10.9. The summed E-state index contributed by atoms with van der Waals surface area (Å²) in [6.07, 6.45) is 1.66. The van der Waals surface area contributed by atoms with Crippen LogP contribution in [0, 0.1) is 0 Å². The molecule has 21 heavy (non-hydrogen) atoms. The standard InChI is InChI=1S/C14H11ClN6/c15-12-8-6-11(7-9-12)10-16-21-14(18-19-20-21)17-13-4-2-1-3-5-13/h1-10H,(H,17,18,20). The number of nitrogens with zero attached hydrogens (tertiary/aromatic N) is 5. The highest BCUT2D eigenvalue weighted by Crippen LogP contribution is 2.12. The first kappa shape index (κ1) is 13.3. The number of aromatic nitrogens is 4. The molecule has 0 bridgehead atoms. The van der Waals surface area contributed by atoms with Gasteiger partial charge >= 0.3 is 0 Å². The van der Waals surface area contributed by atoms with E-state index in [4.69, 9.17) is 11.6 Å². The minimum absolute atomic E-state index is 0.436. The second-order valence-electron chi connectivity index (χ2n) is 4.18. The van der Waals surface area contributed by atoms with E-state index in [0.717, 1.165) is 11.3 Å². The number of hydrogen-bond donors (Lipinski definition) is 1. The van der Waals surface area contributed by atoms with E-state index in [1.165, 1.54) is 4.79 Å². The molecular formula is C14H11ClN6. The van der Waals surface area contributed by atoms with E-state index in [2.05, 4.69) is 25.9 Å². The molecule has 0 saturated heterocycles. The molecule has 6 nitrogen and oxygen atoms in total. The van der Waals surface area contributed by atoms with Crippen LogP contribution in [0.25, 0.3) is 0 Å². The molecule has 3 aromatic rings. The minimum atomic E-state index is 0.436. The van der Waals surface area contributed by atoms with Gasteiger partial charge in [-0.25, -0.2) is 0 Å². The molecule has 3 rings (SSSR count). The molecule has 0 aliphatic heterocycles. The summed E-state index contributed by atoms with van der Waals surface area (Å²) in [5.74, 6) is 0.436. The van der Waals surface area contributed by atoms with E-state index in [0.29, 0.717) is 11.0 Å². The number of benzene rings is 2. The van der Waals surface area contributed by atoms with Gasteiger partial charge in [0.15, 0.2) is 0 Å². The zero-order chi connectivity index (χ0) is 14.5. The second kappa shape index (κ2) is 6.15. The van der Waals surface area contributed by atoms with Gasteiger partial charge in [0, 0.05) is 10.7 Å². The maximum atomic E-state index is 5.83. The van der Waals surface area contributed by atoms with Crippen LogP contribution in [0.1, 0.15) is 5.56 Å². The van der Waals surface area contributed by atoms with E-state index in [1.807, 2.05) is 42.5 Å². The Morgan fingerprint density at radius 1 is 1.05 bits per heavy atom. The lowest BCUT2D eigenvalue weighted by Gasteiger charge is -2.02. The van der Waals surface area contributed by atoms with Crippen LogP contribution in [-0.2, 0) is 0 Å². The molecule has 0 saturated carbocycles. The maximum Gasteiger partial charge on any atom is 0.269 e. The SMILES string of the molecule is Clc1ccc(C=Nn2nnnc2Nc2ccccc2)cc1. The third-order valence-corrected chi connectivity index (χ3v) is 2.92. The Balaban J connectivity index is 1.78. The van der Waals surface area contributed by atoms with E-state index in [1.54, 1.807) is 18.3 Å². The molecule has 0 fully saturated rings.